The van der Waals surface area contributed by atoms with Gasteiger partial charge in [-0.1, -0.05) is 11.6 Å². The van der Waals surface area contributed by atoms with Gasteiger partial charge in [0.05, 0.1) is 11.1 Å². The van der Waals surface area contributed by atoms with Crippen molar-refractivity contribution in [2.45, 2.75) is 26.8 Å². The molecule has 1 atom stereocenters. The van der Waals surface area contributed by atoms with Crippen molar-refractivity contribution in [3.63, 3.8) is 0 Å². The van der Waals surface area contributed by atoms with Crippen LogP contribution in [-0.4, -0.2) is 0 Å². The molecule has 1 aromatic heterocycles. The van der Waals surface area contributed by atoms with Crippen LogP contribution in [0.5, 0.6) is 0 Å². The molecule has 1 heterocycles. The Morgan fingerprint density at radius 2 is 2.00 bits per heavy atom. The molecule has 2 rings (SSSR count). The molecule has 0 fully saturated rings. The second kappa shape index (κ2) is 3.54. The van der Waals surface area contributed by atoms with Crippen molar-refractivity contribution in [2.24, 2.45) is 5.73 Å². The maximum absolute atomic E-state index is 6.12. The first-order valence-electron chi connectivity index (χ1n) is 4.95. The Morgan fingerprint density at radius 3 is 2.60 bits per heavy atom. The van der Waals surface area contributed by atoms with E-state index in [0.717, 1.165) is 27.9 Å². The zero-order valence-corrected chi connectivity index (χ0v) is 9.85. The summed E-state index contributed by atoms with van der Waals surface area (Å²) < 4.78 is 5.69. The van der Waals surface area contributed by atoms with Gasteiger partial charge >= 0.3 is 0 Å². The first-order valence-corrected chi connectivity index (χ1v) is 5.33. The highest BCUT2D eigenvalue weighted by atomic mass is 35.5. The molecule has 80 valence electrons. The number of fused-ring (bicyclic) bond motifs is 1. The fraction of sp³-hybridized carbons (Fsp3) is 0.333. The van der Waals surface area contributed by atoms with Crippen molar-refractivity contribution in [3.8, 4) is 0 Å². The first-order chi connectivity index (χ1) is 7.00. The van der Waals surface area contributed by atoms with Gasteiger partial charge in [-0.2, -0.15) is 0 Å². The second-order valence-electron chi connectivity index (χ2n) is 4.00. The number of hydrogen-bond donors (Lipinski definition) is 1. The van der Waals surface area contributed by atoms with E-state index in [2.05, 4.69) is 6.07 Å². The average molecular weight is 224 g/mol. The van der Waals surface area contributed by atoms with E-state index in [0.29, 0.717) is 5.02 Å². The molecular formula is C12H14ClNO. The summed E-state index contributed by atoms with van der Waals surface area (Å²) in [4.78, 5) is 0. The molecule has 0 aliphatic carbocycles. The van der Waals surface area contributed by atoms with Gasteiger partial charge in [-0.15, -0.1) is 0 Å². The van der Waals surface area contributed by atoms with Crippen LogP contribution in [0.2, 0.25) is 5.02 Å². The van der Waals surface area contributed by atoms with Crippen LogP contribution in [0.4, 0.5) is 0 Å². The molecule has 2 N–H and O–H groups in total. The van der Waals surface area contributed by atoms with Crippen LogP contribution in [0, 0.1) is 13.8 Å². The smallest absolute Gasteiger partial charge is 0.153 e. The minimum Gasteiger partial charge on any atom is -0.458 e. The number of aryl methyl sites for hydroxylation is 2. The first kappa shape index (κ1) is 10.5. The van der Waals surface area contributed by atoms with Crippen molar-refractivity contribution in [2.75, 3.05) is 0 Å². The summed E-state index contributed by atoms with van der Waals surface area (Å²) in [5.41, 5.74) is 8.79. The highest BCUT2D eigenvalue weighted by Crippen LogP contribution is 2.33. The van der Waals surface area contributed by atoms with Crippen LogP contribution in [0.1, 0.15) is 29.9 Å². The second-order valence-corrected chi connectivity index (χ2v) is 4.41. The molecule has 0 saturated carbocycles. The molecule has 0 saturated heterocycles. The van der Waals surface area contributed by atoms with E-state index in [1.54, 1.807) is 0 Å². The normalized spacial score (nSPS) is 13.4. The van der Waals surface area contributed by atoms with E-state index in [1.165, 1.54) is 0 Å². The lowest BCUT2D eigenvalue weighted by atomic mass is 10.1. The van der Waals surface area contributed by atoms with Gasteiger partial charge in [-0.05, 0) is 38.5 Å². The Labute approximate surface area is 94.0 Å². The van der Waals surface area contributed by atoms with Crippen molar-refractivity contribution in [1.82, 2.24) is 0 Å². The van der Waals surface area contributed by atoms with Crippen molar-refractivity contribution in [3.05, 3.63) is 34.0 Å². The summed E-state index contributed by atoms with van der Waals surface area (Å²) in [5, 5.41) is 1.72. The predicted molar refractivity (Wildman–Crippen MR) is 63.3 cm³/mol. The van der Waals surface area contributed by atoms with Gasteiger partial charge in [0.25, 0.3) is 0 Å². The van der Waals surface area contributed by atoms with Gasteiger partial charge in [-0.3, -0.25) is 0 Å². The van der Waals surface area contributed by atoms with Crippen molar-refractivity contribution >= 4 is 22.6 Å². The molecule has 0 radical (unpaired) electrons. The van der Waals surface area contributed by atoms with E-state index in [-0.39, 0.29) is 6.04 Å². The van der Waals surface area contributed by atoms with Crippen LogP contribution in [0.15, 0.2) is 16.5 Å². The summed E-state index contributed by atoms with van der Waals surface area (Å²) in [6, 6.07) is 3.87. The summed E-state index contributed by atoms with van der Waals surface area (Å²) in [5.74, 6) is 0.817. The van der Waals surface area contributed by atoms with Crippen LogP contribution in [0.3, 0.4) is 0 Å². The Hall–Kier alpha value is -0.990. The largest absolute Gasteiger partial charge is 0.458 e. The third-order valence-corrected chi connectivity index (χ3v) is 2.87. The molecule has 2 nitrogen and oxygen atoms in total. The Morgan fingerprint density at radius 1 is 1.33 bits per heavy atom. The van der Waals surface area contributed by atoms with Crippen molar-refractivity contribution in [1.29, 1.82) is 0 Å². The molecule has 0 amide bonds. The van der Waals surface area contributed by atoms with Crippen LogP contribution >= 0.6 is 11.6 Å². The number of furan rings is 1. The number of halogens is 1. The highest BCUT2D eigenvalue weighted by Gasteiger charge is 2.15. The molecule has 3 heteroatoms. The van der Waals surface area contributed by atoms with Crippen LogP contribution < -0.4 is 5.73 Å². The summed E-state index contributed by atoms with van der Waals surface area (Å²) in [6.45, 7) is 5.94. The fourth-order valence-corrected chi connectivity index (χ4v) is 2.18. The molecule has 1 aromatic carbocycles. The molecular weight excluding hydrogens is 210 g/mol. The van der Waals surface area contributed by atoms with Gasteiger partial charge < -0.3 is 10.2 Å². The lowest BCUT2D eigenvalue weighted by Crippen LogP contribution is -2.04. The Kier molecular flexibility index (Phi) is 2.49. The zero-order valence-electron chi connectivity index (χ0n) is 9.10. The minimum absolute atomic E-state index is 0.103. The number of rotatable bonds is 1. The van der Waals surface area contributed by atoms with Crippen LogP contribution in [0.25, 0.3) is 11.0 Å². The van der Waals surface area contributed by atoms with E-state index in [4.69, 9.17) is 21.8 Å². The third-order valence-electron chi connectivity index (χ3n) is 2.59. The molecule has 0 bridgehead atoms. The standard InChI is InChI=1S/C12H14ClNO/c1-6-4-9-7(2)11(8(3)14)15-12(9)10(13)5-6/h4-5,8H,14H2,1-3H3. The van der Waals surface area contributed by atoms with Gasteiger partial charge in [0.2, 0.25) is 0 Å². The highest BCUT2D eigenvalue weighted by molar-refractivity contribution is 6.35. The summed E-state index contributed by atoms with van der Waals surface area (Å²) in [6.07, 6.45) is 0. The SMILES string of the molecule is Cc1cc(Cl)c2oc(C(C)N)c(C)c2c1. The predicted octanol–water partition coefficient (Wildman–Crippen LogP) is 3.72. The van der Waals surface area contributed by atoms with E-state index < -0.39 is 0 Å². The number of benzene rings is 1. The quantitative estimate of drug-likeness (QED) is 0.800. The van der Waals surface area contributed by atoms with Gasteiger partial charge in [0, 0.05) is 10.9 Å². The van der Waals surface area contributed by atoms with Crippen LogP contribution in [-0.2, 0) is 0 Å². The Balaban J connectivity index is 2.82. The van der Waals surface area contributed by atoms with Crippen molar-refractivity contribution < 1.29 is 4.42 Å². The molecule has 15 heavy (non-hydrogen) atoms. The summed E-state index contributed by atoms with van der Waals surface area (Å²) >= 11 is 6.12. The minimum atomic E-state index is -0.103. The van der Waals surface area contributed by atoms with E-state index in [9.17, 15) is 0 Å². The van der Waals surface area contributed by atoms with Gasteiger partial charge in [-0.25, -0.2) is 0 Å². The zero-order chi connectivity index (χ0) is 11.2. The lowest BCUT2D eigenvalue weighted by molar-refractivity contribution is 0.509. The van der Waals surface area contributed by atoms with Gasteiger partial charge in [0.1, 0.15) is 5.76 Å². The number of hydrogen-bond acceptors (Lipinski definition) is 2. The molecule has 2 aromatic rings. The maximum atomic E-state index is 6.12. The number of nitrogens with two attached hydrogens (primary N) is 1. The average Bonchev–Trinajstić information content (AvgIpc) is 2.44. The van der Waals surface area contributed by atoms with E-state index >= 15 is 0 Å². The molecule has 1 unspecified atom stereocenters. The monoisotopic (exact) mass is 223 g/mol. The fourth-order valence-electron chi connectivity index (χ4n) is 1.86. The van der Waals surface area contributed by atoms with E-state index in [1.807, 2.05) is 26.8 Å². The third kappa shape index (κ3) is 1.64. The molecule has 0 spiro atoms. The summed E-state index contributed by atoms with van der Waals surface area (Å²) in [7, 11) is 0. The lowest BCUT2D eigenvalue weighted by Gasteiger charge is -2.00. The Bertz CT molecular complexity index is 514. The maximum Gasteiger partial charge on any atom is 0.153 e. The molecule has 0 aliphatic heterocycles. The molecule has 0 aliphatic rings. The topological polar surface area (TPSA) is 39.2 Å². The van der Waals surface area contributed by atoms with Gasteiger partial charge in [0.15, 0.2) is 5.58 Å².